The number of rotatable bonds is 5. The summed E-state index contributed by atoms with van der Waals surface area (Å²) in [5.74, 6) is -3.81. The van der Waals surface area contributed by atoms with Crippen LogP contribution < -0.4 is 0 Å². The van der Waals surface area contributed by atoms with Gasteiger partial charge < -0.3 is 19.7 Å². The molecule has 29 heavy (non-hydrogen) atoms. The van der Waals surface area contributed by atoms with Gasteiger partial charge in [0.25, 0.3) is 0 Å². The monoisotopic (exact) mass is 427 g/mol. The molecule has 2 aliphatic rings. The van der Waals surface area contributed by atoms with Crippen LogP contribution in [0.4, 0.5) is 0 Å². The van der Waals surface area contributed by atoms with Crippen LogP contribution in [-0.4, -0.2) is 61.5 Å². The van der Waals surface area contributed by atoms with E-state index in [0.29, 0.717) is 0 Å². The molecule has 1 saturated heterocycles. The minimum Gasteiger partial charge on any atom is -0.465 e. The molecule has 2 heterocycles. The number of amides is 1. The van der Waals surface area contributed by atoms with Crippen LogP contribution >= 0.6 is 0 Å². The molecule has 0 saturated carbocycles. The molecule has 0 spiro atoms. The predicted octanol–water partition coefficient (Wildman–Crippen LogP) is 0.0886. The second kappa shape index (κ2) is 8.26. The van der Waals surface area contributed by atoms with Crippen molar-refractivity contribution in [2.45, 2.75) is 40.0 Å². The van der Waals surface area contributed by atoms with Crippen molar-refractivity contribution in [2.75, 3.05) is 13.4 Å². The highest BCUT2D eigenvalue weighted by Gasteiger charge is 2.60. The van der Waals surface area contributed by atoms with Gasteiger partial charge in [-0.2, -0.15) is 4.79 Å². The van der Waals surface area contributed by atoms with E-state index in [0.717, 1.165) is 11.8 Å². The summed E-state index contributed by atoms with van der Waals surface area (Å²) in [5.41, 5.74) is 8.12. The molecule has 158 valence electrons. The zero-order valence-electron chi connectivity index (χ0n) is 16.6. The molecule has 0 aromatic carbocycles. The predicted molar refractivity (Wildman–Crippen MR) is 96.7 cm³/mol. The van der Waals surface area contributed by atoms with Crippen LogP contribution in [0.2, 0.25) is 0 Å². The molecule has 0 radical (unpaired) electrons. The Bertz CT molecular complexity index is 882. The van der Waals surface area contributed by atoms with E-state index in [1.54, 1.807) is 20.8 Å². The van der Waals surface area contributed by atoms with Crippen LogP contribution in [0.1, 0.15) is 34.6 Å². The number of fused-ring (bicyclic) bond motifs is 1. The Kier molecular flexibility index (Phi) is 6.39. The molecular formula is C17H21N3O8S. The molecule has 2 aliphatic heterocycles. The second-order valence-electron chi connectivity index (χ2n) is 7.42. The zero-order valence-corrected chi connectivity index (χ0v) is 17.4. The Labute approximate surface area is 169 Å². The summed E-state index contributed by atoms with van der Waals surface area (Å²) in [4.78, 5) is 51.7. The van der Waals surface area contributed by atoms with E-state index in [9.17, 15) is 28.9 Å². The fourth-order valence-electron chi connectivity index (χ4n) is 2.70. The van der Waals surface area contributed by atoms with Crippen LogP contribution in [-0.2, 0) is 44.2 Å². The maximum atomic E-state index is 12.6. The average Bonchev–Trinajstić information content (AvgIpc) is 2.61. The highest BCUT2D eigenvalue weighted by Crippen LogP contribution is 2.39. The van der Waals surface area contributed by atoms with Gasteiger partial charge >= 0.3 is 23.0 Å². The quantitative estimate of drug-likeness (QED) is 0.197. The molecule has 2 unspecified atom stereocenters. The van der Waals surface area contributed by atoms with Gasteiger partial charge in [0, 0.05) is 6.92 Å². The Balaban J connectivity index is 2.23. The van der Waals surface area contributed by atoms with Gasteiger partial charge in [-0.25, -0.2) is 9.00 Å². The van der Waals surface area contributed by atoms with Crippen LogP contribution in [0.25, 0.3) is 5.53 Å². The number of hydrogen-bond donors (Lipinski definition) is 0. The third kappa shape index (κ3) is 4.28. The summed E-state index contributed by atoms with van der Waals surface area (Å²) in [6.45, 7) is 6.34. The largest absolute Gasteiger partial charge is 0.465 e. The summed E-state index contributed by atoms with van der Waals surface area (Å²) in [7, 11) is -1.96. The van der Waals surface area contributed by atoms with Crippen LogP contribution in [0, 0.1) is 11.3 Å². The molecule has 0 aliphatic carbocycles. The van der Waals surface area contributed by atoms with E-state index in [-0.39, 0.29) is 22.9 Å². The van der Waals surface area contributed by atoms with Crippen molar-refractivity contribution in [2.24, 2.45) is 11.3 Å². The topological polar surface area (TPSA) is 153 Å². The number of carbonyl (C=O) groups excluding carboxylic acids is 4. The van der Waals surface area contributed by atoms with E-state index >= 15 is 0 Å². The van der Waals surface area contributed by atoms with Gasteiger partial charge in [0.15, 0.2) is 10.8 Å². The minimum atomic E-state index is -1.96. The van der Waals surface area contributed by atoms with Crippen LogP contribution in [0.15, 0.2) is 11.3 Å². The lowest BCUT2D eigenvalue weighted by Crippen LogP contribution is -2.67. The first kappa shape index (κ1) is 22.4. The average molecular weight is 427 g/mol. The van der Waals surface area contributed by atoms with Gasteiger partial charge in [0.2, 0.25) is 12.7 Å². The maximum absolute atomic E-state index is 12.6. The fraction of sp³-hybridized carbons (Fsp3) is 0.588. The number of ether oxygens (including phenoxy) is 3. The van der Waals surface area contributed by atoms with Crippen LogP contribution in [0.3, 0.4) is 0 Å². The third-order valence-corrected chi connectivity index (χ3v) is 5.97. The van der Waals surface area contributed by atoms with E-state index < -0.39 is 58.1 Å². The number of β-lactam (4-membered cyclic amide) rings is 1. The summed E-state index contributed by atoms with van der Waals surface area (Å²) in [6, 6.07) is 0. The highest BCUT2D eigenvalue weighted by atomic mass is 32.2. The van der Waals surface area contributed by atoms with E-state index in [4.69, 9.17) is 14.2 Å². The molecule has 11 nitrogen and oxygen atoms in total. The van der Waals surface area contributed by atoms with Crippen molar-refractivity contribution in [1.82, 2.24) is 4.90 Å². The van der Waals surface area contributed by atoms with Crippen LogP contribution in [0.5, 0.6) is 0 Å². The Morgan fingerprint density at radius 3 is 2.34 bits per heavy atom. The number of hydrogen-bond acceptors (Lipinski definition) is 8. The van der Waals surface area contributed by atoms with Crippen molar-refractivity contribution in [3.63, 3.8) is 0 Å². The van der Waals surface area contributed by atoms with Gasteiger partial charge in [0.05, 0.1) is 11.0 Å². The maximum Gasteiger partial charge on any atom is 0.386 e. The molecular weight excluding hydrogens is 406 g/mol. The molecule has 2 rings (SSSR count). The molecule has 1 amide bonds. The molecule has 0 bridgehead atoms. The Morgan fingerprint density at radius 2 is 1.83 bits per heavy atom. The van der Waals surface area contributed by atoms with Crippen molar-refractivity contribution < 1.29 is 42.4 Å². The highest BCUT2D eigenvalue weighted by molar-refractivity contribution is 8.01. The van der Waals surface area contributed by atoms with Crippen molar-refractivity contribution in [1.29, 1.82) is 0 Å². The SMILES string of the molecule is CC(=O)OCC1C(=O)N2C(C(=O)OCOC(=O)C(C)(C)C)=C(C)C(=[N+]=[N-])S(=O)[C@H]12. The first-order chi connectivity index (χ1) is 13.4. The molecule has 3 atom stereocenters. The second-order valence-corrected chi connectivity index (χ2v) is 8.88. The van der Waals surface area contributed by atoms with E-state index in [1.165, 1.54) is 6.92 Å². The summed E-state index contributed by atoms with van der Waals surface area (Å²) in [6.07, 6.45) is 0. The van der Waals surface area contributed by atoms with E-state index in [1.807, 2.05) is 0 Å². The Hall–Kier alpha value is -2.85. The lowest BCUT2D eigenvalue weighted by Gasteiger charge is -2.47. The van der Waals surface area contributed by atoms with Crippen molar-refractivity contribution in [3.05, 3.63) is 16.8 Å². The minimum absolute atomic E-state index is 0.0199. The van der Waals surface area contributed by atoms with Gasteiger partial charge in [-0.15, -0.1) is 0 Å². The molecule has 0 aromatic rings. The summed E-state index contributed by atoms with van der Waals surface area (Å²) in [5, 5.41) is -1.36. The van der Waals surface area contributed by atoms with Gasteiger partial charge in [-0.3, -0.25) is 19.3 Å². The lowest BCUT2D eigenvalue weighted by atomic mass is 9.96. The van der Waals surface area contributed by atoms with Gasteiger partial charge in [0.1, 0.15) is 23.6 Å². The molecule has 0 N–H and O–H groups in total. The normalized spacial score (nSPS) is 23.6. The third-order valence-electron chi connectivity index (χ3n) is 4.22. The first-order valence-electron chi connectivity index (χ1n) is 8.56. The molecule has 0 aromatic heterocycles. The Morgan fingerprint density at radius 1 is 1.21 bits per heavy atom. The number of carbonyl (C=O) groups is 4. The fourth-order valence-corrected chi connectivity index (χ4v) is 4.30. The smallest absolute Gasteiger partial charge is 0.386 e. The zero-order chi connectivity index (χ0) is 22.1. The summed E-state index contributed by atoms with van der Waals surface area (Å²) < 4.78 is 27.2. The van der Waals surface area contributed by atoms with Gasteiger partial charge in [-0.05, 0) is 27.7 Å². The molecule has 12 heteroatoms. The standard InChI is InChI=1S/C17H21N3O8S/c1-8-11(15(23)27-7-28-16(24)17(3,4)5)20-13(22)10(6-26-9(2)21)14(20)29(25)12(8)19-18/h10,14H,6-7H2,1-5H3/t10?,14-,29?/m1/s1. The van der Waals surface area contributed by atoms with E-state index in [2.05, 4.69) is 4.79 Å². The summed E-state index contributed by atoms with van der Waals surface area (Å²) >= 11 is 0. The molecule has 1 fully saturated rings. The number of esters is 3. The van der Waals surface area contributed by atoms with Crippen molar-refractivity contribution in [3.8, 4) is 0 Å². The number of nitrogens with zero attached hydrogens (tertiary/aromatic N) is 3. The lowest BCUT2D eigenvalue weighted by molar-refractivity contribution is -0.174. The first-order valence-corrected chi connectivity index (χ1v) is 9.77. The van der Waals surface area contributed by atoms with Gasteiger partial charge in [-0.1, -0.05) is 0 Å². The van der Waals surface area contributed by atoms with Crippen molar-refractivity contribution >= 4 is 39.7 Å².